The van der Waals surface area contributed by atoms with Gasteiger partial charge in [-0.1, -0.05) is 171 Å². The van der Waals surface area contributed by atoms with E-state index in [9.17, 15) is 14.4 Å². The van der Waals surface area contributed by atoms with Gasteiger partial charge in [0.05, 0.1) is 23.3 Å². The summed E-state index contributed by atoms with van der Waals surface area (Å²) in [5.41, 5.74) is 10.6. The second-order valence-electron chi connectivity index (χ2n) is 16.0. The number of carbonyl (C=O) groups is 1. The lowest BCUT2D eigenvalue weighted by atomic mass is 10.0. The standard InChI is InChI=1S/C31H30N2O2.C28H18N2O2.CO2.H2/c1-3-13-27(23-14-7-5-8-15-23)32-28-20-11-19-26-25(28)18-12-21-29(26)33-30(22-31(34)35-4-2)24-16-9-6-10-17-24;31-25-15-23(17-7-3-1-4-8-17)29-27-19-11-14-22-26(32)16-24(18-9-5-2-6-10-18)30-28(22)20(19)12-13-21(25)27;2-1-3;/h5-22,32-33H,3-4H2,1-2H3;1-16H,(H,29,31)(H,30,32);;1H/b27-13+,30-22+;;;/i;;;1+1. The maximum atomic E-state index is 12.9. The van der Waals surface area contributed by atoms with Crippen molar-refractivity contribution in [3.63, 3.8) is 0 Å². The number of fused-ring (bicyclic) bond motifs is 6. The SMILES string of the molecule is CC/C=C(/Nc1cccc2c(N/C(=C/C(=O)OCC)c3ccccc3)cccc12)c1ccccc1.O=C=O.O=c1cc(-c2ccccc2)[nH]c2c1ccc1c2ccc2c(=O)cc(-c3ccccc3)[nH]c21.[2HH]. The van der Waals surface area contributed by atoms with Gasteiger partial charge in [-0.25, -0.2) is 4.79 Å². The maximum Gasteiger partial charge on any atom is 0.373 e. The van der Waals surface area contributed by atoms with Crippen LogP contribution >= 0.6 is 0 Å². The average molecular weight is 924 g/mol. The Bertz CT molecular complexity index is 3550. The molecule has 0 amide bonds. The van der Waals surface area contributed by atoms with Crippen molar-refractivity contribution >= 4 is 78.2 Å². The minimum absolute atomic E-state index is 0. The van der Waals surface area contributed by atoms with Crippen LogP contribution in [0.15, 0.2) is 216 Å². The zero-order valence-corrected chi connectivity index (χ0v) is 38.5. The van der Waals surface area contributed by atoms with Crippen LogP contribution in [0.5, 0.6) is 0 Å². The van der Waals surface area contributed by atoms with Crippen molar-refractivity contribution in [1.82, 2.24) is 9.97 Å². The molecule has 2 aromatic heterocycles. The monoisotopic (exact) mass is 923 g/mol. The van der Waals surface area contributed by atoms with E-state index >= 15 is 0 Å². The smallest absolute Gasteiger partial charge is 0.373 e. The number of nitrogens with one attached hydrogen (secondary N) is 4. The molecule has 0 aliphatic carbocycles. The fourth-order valence-electron chi connectivity index (χ4n) is 8.38. The number of esters is 1. The van der Waals surface area contributed by atoms with Gasteiger partial charge in [0.1, 0.15) is 0 Å². The van der Waals surface area contributed by atoms with Gasteiger partial charge in [0.25, 0.3) is 0 Å². The van der Waals surface area contributed by atoms with Crippen LogP contribution in [0.25, 0.3) is 77.3 Å². The van der Waals surface area contributed by atoms with Crippen LogP contribution in [0.1, 0.15) is 32.8 Å². The van der Waals surface area contributed by atoms with Crippen LogP contribution in [0.4, 0.5) is 11.4 Å². The molecule has 0 aliphatic heterocycles. The molecule has 0 saturated carbocycles. The third kappa shape index (κ3) is 10.7. The zero-order valence-electron chi connectivity index (χ0n) is 38.5. The van der Waals surface area contributed by atoms with E-state index in [0.29, 0.717) is 23.1 Å². The Morgan fingerprint density at radius 2 is 0.914 bits per heavy atom. The first-order chi connectivity index (χ1) is 34.3. The molecule has 10 rings (SSSR count). The third-order valence-corrected chi connectivity index (χ3v) is 11.6. The number of H-pyrrole nitrogens is 2. The molecule has 0 unspecified atom stereocenters. The Morgan fingerprint density at radius 1 is 0.514 bits per heavy atom. The number of rotatable bonds is 11. The summed E-state index contributed by atoms with van der Waals surface area (Å²) >= 11 is 0. The molecule has 0 bridgehead atoms. The van der Waals surface area contributed by atoms with E-state index in [1.54, 1.807) is 19.1 Å². The molecular formula is C60H50N4O6. The highest BCUT2D eigenvalue weighted by atomic mass is 16.5. The van der Waals surface area contributed by atoms with E-state index in [1.165, 1.54) is 6.08 Å². The predicted molar refractivity (Wildman–Crippen MR) is 285 cm³/mol. The number of hydrogen-bond donors (Lipinski definition) is 4. The molecule has 70 heavy (non-hydrogen) atoms. The molecular weight excluding hydrogens is 873 g/mol. The summed E-state index contributed by atoms with van der Waals surface area (Å²) in [4.78, 5) is 61.3. The molecule has 0 radical (unpaired) electrons. The number of allylic oxidation sites excluding steroid dienone is 1. The van der Waals surface area contributed by atoms with Crippen LogP contribution in [0.2, 0.25) is 0 Å². The minimum Gasteiger partial charge on any atom is -0.463 e. The Hall–Kier alpha value is -9.37. The van der Waals surface area contributed by atoms with Gasteiger partial charge in [-0.05, 0) is 59.9 Å². The first kappa shape index (κ1) is 47.1. The molecule has 2 heterocycles. The third-order valence-electron chi connectivity index (χ3n) is 11.6. The van der Waals surface area contributed by atoms with E-state index in [-0.39, 0.29) is 24.4 Å². The largest absolute Gasteiger partial charge is 0.463 e. The van der Waals surface area contributed by atoms with Crippen molar-refractivity contribution in [2.45, 2.75) is 20.3 Å². The first-order valence-corrected chi connectivity index (χ1v) is 22.8. The van der Waals surface area contributed by atoms with E-state index < -0.39 is 0 Å². The molecule has 0 atom stereocenters. The minimum atomic E-state index is -0.376. The molecule has 0 saturated heterocycles. The van der Waals surface area contributed by atoms with Crippen molar-refractivity contribution in [3.05, 3.63) is 238 Å². The summed E-state index contributed by atoms with van der Waals surface area (Å²) in [6, 6.07) is 62.9. The van der Waals surface area contributed by atoms with Crippen LogP contribution in [0.3, 0.4) is 0 Å². The quantitative estimate of drug-likeness (QED) is 0.0569. The summed E-state index contributed by atoms with van der Waals surface area (Å²) in [6.45, 7) is 4.27. The molecule has 346 valence electrons. The summed E-state index contributed by atoms with van der Waals surface area (Å²) < 4.78 is 5.18. The molecule has 10 heteroatoms. The van der Waals surface area contributed by atoms with Gasteiger partial charge < -0.3 is 25.3 Å². The van der Waals surface area contributed by atoms with Crippen molar-refractivity contribution in [1.29, 1.82) is 0 Å². The number of anilines is 2. The van der Waals surface area contributed by atoms with Crippen LogP contribution in [-0.2, 0) is 19.1 Å². The van der Waals surface area contributed by atoms with E-state index in [2.05, 4.69) is 63.9 Å². The summed E-state index contributed by atoms with van der Waals surface area (Å²) in [5, 5.41) is 12.3. The Morgan fingerprint density at radius 3 is 1.34 bits per heavy atom. The lowest BCUT2D eigenvalue weighted by Crippen LogP contribution is -2.06. The Kier molecular flexibility index (Phi) is 15.1. The second-order valence-corrected chi connectivity index (χ2v) is 16.0. The lowest BCUT2D eigenvalue weighted by molar-refractivity contribution is -0.191. The van der Waals surface area contributed by atoms with E-state index in [0.717, 1.165) is 89.7 Å². The highest BCUT2D eigenvalue weighted by Crippen LogP contribution is 2.34. The van der Waals surface area contributed by atoms with Gasteiger partial charge in [-0.15, -0.1) is 0 Å². The number of ether oxygens (including phenoxy) is 1. The number of aromatic amines is 2. The zero-order chi connectivity index (χ0) is 48.8. The average Bonchev–Trinajstić information content (AvgIpc) is 3.40. The highest BCUT2D eigenvalue weighted by molar-refractivity contribution is 6.15. The van der Waals surface area contributed by atoms with Crippen LogP contribution in [0, 0.1) is 0 Å². The van der Waals surface area contributed by atoms with Crippen molar-refractivity contribution in [3.8, 4) is 22.5 Å². The molecule has 8 aromatic carbocycles. The molecule has 10 nitrogen and oxygen atoms in total. The summed E-state index contributed by atoms with van der Waals surface area (Å²) in [5.74, 6) is -0.376. The molecule has 4 N–H and O–H groups in total. The Balaban J connectivity index is 0.000000196. The maximum absolute atomic E-state index is 12.9. The lowest BCUT2D eigenvalue weighted by Gasteiger charge is -2.17. The van der Waals surface area contributed by atoms with Gasteiger partial charge in [-0.2, -0.15) is 9.59 Å². The van der Waals surface area contributed by atoms with Gasteiger partial charge in [-0.3, -0.25) is 9.59 Å². The van der Waals surface area contributed by atoms with Crippen molar-refractivity contribution < 1.29 is 20.5 Å². The fourth-order valence-corrected chi connectivity index (χ4v) is 8.38. The predicted octanol–water partition coefficient (Wildman–Crippen LogP) is 13.2. The van der Waals surface area contributed by atoms with Gasteiger partial charge in [0.2, 0.25) is 0 Å². The van der Waals surface area contributed by atoms with Crippen molar-refractivity contribution in [2.75, 3.05) is 17.2 Å². The highest BCUT2D eigenvalue weighted by Gasteiger charge is 2.14. The molecule has 0 aliphatic rings. The molecule has 0 spiro atoms. The number of carbonyl (C=O) groups excluding carboxylic acids is 3. The number of pyridine rings is 2. The number of hydrogen-bond acceptors (Lipinski definition) is 8. The van der Waals surface area contributed by atoms with E-state index in [1.807, 2.05) is 152 Å². The number of aromatic nitrogens is 2. The fraction of sp³-hybridized carbons (Fsp3) is 0.0667. The van der Waals surface area contributed by atoms with Crippen LogP contribution in [-0.4, -0.2) is 28.7 Å². The van der Waals surface area contributed by atoms with Gasteiger partial charge in [0, 0.05) is 80.4 Å². The topological polar surface area (TPSA) is 150 Å². The summed E-state index contributed by atoms with van der Waals surface area (Å²) in [6.07, 6.45) is 4.89. The normalized spacial score (nSPS) is 11.2. The van der Waals surface area contributed by atoms with E-state index in [4.69, 9.17) is 14.3 Å². The van der Waals surface area contributed by atoms with Crippen molar-refractivity contribution in [2.24, 2.45) is 0 Å². The molecule has 0 fully saturated rings. The second kappa shape index (κ2) is 22.4. The first-order valence-electron chi connectivity index (χ1n) is 22.8. The van der Waals surface area contributed by atoms with Crippen LogP contribution < -0.4 is 21.5 Å². The number of benzene rings is 8. The summed E-state index contributed by atoms with van der Waals surface area (Å²) in [7, 11) is 0. The molecule has 10 aromatic rings. The Labute approximate surface area is 405 Å². The van der Waals surface area contributed by atoms with Gasteiger partial charge >= 0.3 is 12.1 Å². The van der Waals surface area contributed by atoms with Gasteiger partial charge in [0.15, 0.2) is 10.9 Å².